The molecule has 1 aliphatic carbocycles. The molecule has 0 aromatic heterocycles. The Morgan fingerprint density at radius 2 is 1.85 bits per heavy atom. The first-order valence-corrected chi connectivity index (χ1v) is 8.36. The van der Waals surface area contributed by atoms with Gasteiger partial charge in [-0.15, -0.1) is 0 Å². The molecule has 1 aromatic rings. The first-order valence-electron chi connectivity index (χ1n) is 8.36. The molecule has 0 heterocycles. The summed E-state index contributed by atoms with van der Waals surface area (Å²) < 4.78 is 0. The minimum absolute atomic E-state index is 0.0548. The smallest absolute Gasteiger partial charge is 0.331 e. The molecule has 138 valence electrons. The normalized spacial score (nSPS) is 22.3. The van der Waals surface area contributed by atoms with Crippen molar-refractivity contribution in [3.63, 3.8) is 0 Å². The third-order valence-corrected chi connectivity index (χ3v) is 4.77. The highest BCUT2D eigenvalue weighted by molar-refractivity contribution is 5.94. The van der Waals surface area contributed by atoms with Crippen LogP contribution in [0, 0.1) is 16.0 Å². The number of nitrogens with zero attached hydrogens (tertiary/aromatic N) is 1. The molecule has 1 aromatic carbocycles. The molecule has 2 atom stereocenters. The van der Waals surface area contributed by atoms with Crippen LogP contribution in [0.15, 0.2) is 47.6 Å². The fourth-order valence-electron chi connectivity index (χ4n) is 3.57. The molecule has 0 fully saturated rings. The van der Waals surface area contributed by atoms with E-state index in [2.05, 4.69) is 0 Å². The molecule has 7 nitrogen and oxygen atoms in total. The second kappa shape index (κ2) is 7.51. The van der Waals surface area contributed by atoms with E-state index in [0.717, 1.165) is 6.42 Å². The maximum Gasteiger partial charge on any atom is 0.331 e. The van der Waals surface area contributed by atoms with E-state index in [9.17, 15) is 29.9 Å². The standard InChI is InChI=1S/C19H21NO6/c1-3-4-5-16-15(17(21)22)10-12(2)11-19(16,18(23)24)13-6-8-14(9-7-13)20(25)26/h6-11,16H,3-5H2,1-2H3,(H,21,22)(H,23,24). The van der Waals surface area contributed by atoms with Crippen LogP contribution in [0.3, 0.4) is 0 Å². The number of non-ortho nitro benzene ring substituents is 1. The average Bonchev–Trinajstić information content (AvgIpc) is 2.59. The number of hydrogen-bond acceptors (Lipinski definition) is 4. The van der Waals surface area contributed by atoms with Crippen LogP contribution in [-0.2, 0) is 15.0 Å². The van der Waals surface area contributed by atoms with Crippen molar-refractivity contribution in [2.24, 2.45) is 5.92 Å². The van der Waals surface area contributed by atoms with E-state index in [1.807, 2.05) is 6.92 Å². The lowest BCUT2D eigenvalue weighted by atomic mass is 9.62. The summed E-state index contributed by atoms with van der Waals surface area (Å²) in [6.07, 6.45) is 4.92. The van der Waals surface area contributed by atoms with E-state index in [0.29, 0.717) is 24.0 Å². The summed E-state index contributed by atoms with van der Waals surface area (Å²) in [5.74, 6) is -3.08. The summed E-state index contributed by atoms with van der Waals surface area (Å²) in [7, 11) is 0. The lowest BCUT2D eigenvalue weighted by Crippen LogP contribution is -2.45. The zero-order valence-corrected chi connectivity index (χ0v) is 14.6. The van der Waals surface area contributed by atoms with Crippen molar-refractivity contribution in [1.82, 2.24) is 0 Å². The van der Waals surface area contributed by atoms with Gasteiger partial charge in [0.05, 0.1) is 4.92 Å². The van der Waals surface area contributed by atoms with Gasteiger partial charge in [-0.1, -0.05) is 43.5 Å². The molecular formula is C19H21NO6. The Morgan fingerprint density at radius 1 is 1.23 bits per heavy atom. The number of benzene rings is 1. The van der Waals surface area contributed by atoms with Gasteiger partial charge in [-0.3, -0.25) is 14.9 Å². The van der Waals surface area contributed by atoms with Crippen molar-refractivity contribution >= 4 is 17.6 Å². The molecule has 0 bridgehead atoms. The maximum absolute atomic E-state index is 12.4. The summed E-state index contributed by atoms with van der Waals surface area (Å²) >= 11 is 0. The van der Waals surface area contributed by atoms with Gasteiger partial charge >= 0.3 is 11.9 Å². The highest BCUT2D eigenvalue weighted by Gasteiger charge is 2.50. The van der Waals surface area contributed by atoms with Crippen LogP contribution in [0.2, 0.25) is 0 Å². The molecule has 0 saturated carbocycles. The van der Waals surface area contributed by atoms with Crippen molar-refractivity contribution in [2.75, 3.05) is 0 Å². The Morgan fingerprint density at radius 3 is 2.31 bits per heavy atom. The molecule has 0 spiro atoms. The number of rotatable bonds is 7. The number of carboxylic acids is 2. The summed E-state index contributed by atoms with van der Waals surface area (Å²) in [6, 6.07) is 5.30. The quantitative estimate of drug-likeness (QED) is 0.566. The first-order chi connectivity index (χ1) is 12.2. The number of aliphatic carboxylic acids is 2. The molecular weight excluding hydrogens is 338 g/mol. The molecule has 0 saturated heterocycles. The number of unbranched alkanes of at least 4 members (excludes halogenated alkanes) is 1. The van der Waals surface area contributed by atoms with E-state index in [1.165, 1.54) is 30.3 Å². The van der Waals surface area contributed by atoms with E-state index < -0.39 is 28.2 Å². The molecule has 2 rings (SSSR count). The lowest BCUT2D eigenvalue weighted by Gasteiger charge is -2.38. The third-order valence-electron chi connectivity index (χ3n) is 4.77. The molecule has 2 unspecified atom stereocenters. The van der Waals surface area contributed by atoms with Gasteiger partial charge < -0.3 is 10.2 Å². The number of nitro benzene ring substituents is 1. The van der Waals surface area contributed by atoms with Gasteiger partial charge in [0, 0.05) is 23.6 Å². The fourth-order valence-corrected chi connectivity index (χ4v) is 3.57. The summed E-state index contributed by atoms with van der Waals surface area (Å²) in [5, 5.41) is 30.6. The first kappa shape index (κ1) is 19.4. The predicted octanol–water partition coefficient (Wildman–Crippen LogP) is 3.69. The van der Waals surface area contributed by atoms with Crippen LogP contribution in [0.1, 0.15) is 38.7 Å². The Bertz CT molecular complexity index is 793. The molecule has 0 amide bonds. The van der Waals surface area contributed by atoms with Crippen LogP contribution in [0.25, 0.3) is 0 Å². The molecule has 26 heavy (non-hydrogen) atoms. The maximum atomic E-state index is 12.4. The van der Waals surface area contributed by atoms with Gasteiger partial charge in [0.15, 0.2) is 0 Å². The predicted molar refractivity (Wildman–Crippen MR) is 94.9 cm³/mol. The number of carboxylic acid groups (broad SMARTS) is 2. The SMILES string of the molecule is CCCCC1C(C(=O)O)=CC(C)=CC1(C(=O)O)c1ccc([N+](=O)[O-])cc1. The minimum Gasteiger partial charge on any atom is -0.480 e. The fraction of sp³-hybridized carbons (Fsp3) is 0.368. The van der Waals surface area contributed by atoms with Crippen molar-refractivity contribution in [1.29, 1.82) is 0 Å². The molecule has 7 heteroatoms. The zero-order valence-electron chi connectivity index (χ0n) is 14.6. The van der Waals surface area contributed by atoms with E-state index >= 15 is 0 Å². The van der Waals surface area contributed by atoms with E-state index in [1.54, 1.807) is 13.0 Å². The number of allylic oxidation sites excluding steroid dienone is 2. The highest BCUT2D eigenvalue weighted by atomic mass is 16.6. The van der Waals surface area contributed by atoms with E-state index in [4.69, 9.17) is 0 Å². The van der Waals surface area contributed by atoms with Gasteiger partial charge in [-0.2, -0.15) is 0 Å². The number of nitro groups is 1. The molecule has 1 aliphatic rings. The Balaban J connectivity index is 2.68. The number of hydrogen-bond donors (Lipinski definition) is 2. The van der Waals surface area contributed by atoms with Crippen molar-refractivity contribution in [2.45, 2.75) is 38.5 Å². The molecule has 2 N–H and O–H groups in total. The van der Waals surface area contributed by atoms with Gasteiger partial charge in [0.25, 0.3) is 5.69 Å². The van der Waals surface area contributed by atoms with Crippen LogP contribution < -0.4 is 0 Å². The summed E-state index contributed by atoms with van der Waals surface area (Å²) in [5.41, 5.74) is -0.792. The highest BCUT2D eigenvalue weighted by Crippen LogP contribution is 2.45. The van der Waals surface area contributed by atoms with Gasteiger partial charge in [-0.25, -0.2) is 4.79 Å². The van der Waals surface area contributed by atoms with Crippen molar-refractivity contribution < 1.29 is 24.7 Å². The van der Waals surface area contributed by atoms with Crippen molar-refractivity contribution in [3.05, 3.63) is 63.2 Å². The molecule has 0 aliphatic heterocycles. The van der Waals surface area contributed by atoms with E-state index in [-0.39, 0.29) is 11.3 Å². The van der Waals surface area contributed by atoms with Crippen LogP contribution in [0.4, 0.5) is 5.69 Å². The lowest BCUT2D eigenvalue weighted by molar-refractivity contribution is -0.384. The average molecular weight is 359 g/mol. The Hall–Kier alpha value is -2.96. The molecule has 0 radical (unpaired) electrons. The third kappa shape index (κ3) is 3.37. The van der Waals surface area contributed by atoms with Crippen molar-refractivity contribution in [3.8, 4) is 0 Å². The van der Waals surface area contributed by atoms with Crippen LogP contribution >= 0.6 is 0 Å². The van der Waals surface area contributed by atoms with Gasteiger partial charge in [0.2, 0.25) is 0 Å². The topological polar surface area (TPSA) is 118 Å². The number of carbonyl (C=O) groups is 2. The zero-order chi connectivity index (χ0) is 19.5. The monoisotopic (exact) mass is 359 g/mol. The van der Waals surface area contributed by atoms with Gasteiger partial charge in [0.1, 0.15) is 5.41 Å². The second-order valence-corrected chi connectivity index (χ2v) is 6.47. The minimum atomic E-state index is -1.57. The second-order valence-electron chi connectivity index (χ2n) is 6.47. The summed E-state index contributed by atoms with van der Waals surface area (Å²) in [6.45, 7) is 3.60. The largest absolute Gasteiger partial charge is 0.480 e. The summed E-state index contributed by atoms with van der Waals surface area (Å²) in [4.78, 5) is 34.5. The Labute approximate surface area is 150 Å². The van der Waals surface area contributed by atoms with Gasteiger partial charge in [-0.05, 0) is 25.0 Å². The van der Waals surface area contributed by atoms with Crippen LogP contribution in [0.5, 0.6) is 0 Å². The van der Waals surface area contributed by atoms with Crippen LogP contribution in [-0.4, -0.2) is 27.1 Å². The Kier molecular flexibility index (Phi) is 5.59.